The van der Waals surface area contributed by atoms with Crippen molar-refractivity contribution in [3.05, 3.63) is 143 Å². The van der Waals surface area contributed by atoms with Crippen LogP contribution in [-0.2, 0) is 16.1 Å². The molecule has 0 radical (unpaired) electrons. The fourth-order valence-electron chi connectivity index (χ4n) is 5.24. The Balaban J connectivity index is 1.48. The fraction of sp³-hybridized carbons (Fsp3) is 0.147. The molecule has 5 aromatic rings. The van der Waals surface area contributed by atoms with E-state index in [2.05, 4.69) is 0 Å². The minimum absolute atomic E-state index is 0.209. The number of halogens is 2. The average Bonchev–Trinajstić information content (AvgIpc) is 3.30. The van der Waals surface area contributed by atoms with Gasteiger partial charge < -0.3 is 9.47 Å². The number of fused-ring (bicyclic) bond motifs is 2. The van der Waals surface area contributed by atoms with E-state index in [1.54, 1.807) is 36.6 Å². The van der Waals surface area contributed by atoms with E-state index >= 15 is 0 Å². The maximum Gasteiger partial charge on any atom is 0.338 e. The summed E-state index contributed by atoms with van der Waals surface area (Å²) in [5.41, 5.74) is 2.95. The van der Waals surface area contributed by atoms with Crippen LogP contribution in [0.4, 0.5) is 0 Å². The van der Waals surface area contributed by atoms with Crippen LogP contribution in [0.25, 0.3) is 16.8 Å². The van der Waals surface area contributed by atoms with E-state index in [1.165, 1.54) is 11.3 Å². The third-order valence-electron chi connectivity index (χ3n) is 7.24. The summed E-state index contributed by atoms with van der Waals surface area (Å²) in [6.07, 6.45) is 1.80. The molecule has 0 unspecified atom stereocenters. The Labute approximate surface area is 261 Å². The lowest BCUT2D eigenvalue weighted by molar-refractivity contribution is -0.139. The smallest absolute Gasteiger partial charge is 0.338 e. The monoisotopic (exact) mass is 628 g/mol. The summed E-state index contributed by atoms with van der Waals surface area (Å²) in [4.78, 5) is 32.7. The molecule has 1 aliphatic rings. The molecule has 1 atom stereocenters. The highest BCUT2D eigenvalue weighted by atomic mass is 35.5. The number of aromatic nitrogens is 1. The van der Waals surface area contributed by atoms with Gasteiger partial charge in [0, 0.05) is 21.2 Å². The average molecular weight is 630 g/mol. The van der Waals surface area contributed by atoms with Crippen molar-refractivity contribution in [2.24, 2.45) is 4.99 Å². The lowest BCUT2D eigenvalue weighted by Crippen LogP contribution is -2.40. The van der Waals surface area contributed by atoms with Crippen molar-refractivity contribution in [1.29, 1.82) is 0 Å². The number of hydrogen-bond acceptors (Lipinski definition) is 6. The predicted octanol–water partition coefficient (Wildman–Crippen LogP) is 6.84. The Morgan fingerprint density at radius 2 is 1.79 bits per heavy atom. The summed E-state index contributed by atoms with van der Waals surface area (Å²) >= 11 is 13.7. The predicted molar refractivity (Wildman–Crippen MR) is 172 cm³/mol. The van der Waals surface area contributed by atoms with E-state index in [9.17, 15) is 9.59 Å². The Morgan fingerprint density at radius 1 is 1.02 bits per heavy atom. The summed E-state index contributed by atoms with van der Waals surface area (Å²) < 4.78 is 13.7. The minimum Gasteiger partial charge on any atom is -0.488 e. The summed E-state index contributed by atoms with van der Waals surface area (Å²) in [7, 11) is 0. The first-order valence-corrected chi connectivity index (χ1v) is 15.3. The van der Waals surface area contributed by atoms with Crippen molar-refractivity contribution in [2.45, 2.75) is 26.5 Å². The summed E-state index contributed by atoms with van der Waals surface area (Å²) in [6, 6.07) is 25.8. The molecule has 0 saturated carbocycles. The van der Waals surface area contributed by atoms with E-state index in [0.717, 1.165) is 27.5 Å². The first-order valence-electron chi connectivity index (χ1n) is 13.7. The number of esters is 1. The number of benzene rings is 4. The van der Waals surface area contributed by atoms with Gasteiger partial charge >= 0.3 is 5.97 Å². The number of ether oxygens (including phenoxy) is 2. The van der Waals surface area contributed by atoms with Crippen LogP contribution in [0, 0.1) is 0 Å². The number of carbonyl (C=O) groups is 1. The molecule has 0 bridgehead atoms. The highest BCUT2D eigenvalue weighted by Crippen LogP contribution is 2.35. The molecule has 6 rings (SSSR count). The first-order chi connectivity index (χ1) is 20.9. The molecular formula is C34H26Cl2N2O4S. The number of carbonyl (C=O) groups excluding carboxylic acids is 1. The standard InChI is InChI=1S/C34H26Cl2N2O4S/c1-3-41-33(40)30-20(2)37-34-38(31(30)26-13-8-11-21-9-4-6-12-25(21)26)32(39)29(43-34)17-22-10-5-7-14-28(22)42-19-23-15-16-24(35)18-27(23)36/h4-18,31H,3,19H2,1-2H3/b29-17+/t31-/m1/s1. The van der Waals surface area contributed by atoms with Crippen LogP contribution in [0.5, 0.6) is 5.75 Å². The van der Waals surface area contributed by atoms with E-state index in [4.69, 9.17) is 37.7 Å². The molecular weight excluding hydrogens is 603 g/mol. The first kappa shape index (κ1) is 28.9. The van der Waals surface area contributed by atoms with Gasteiger partial charge in [-0.1, -0.05) is 101 Å². The Morgan fingerprint density at radius 3 is 2.60 bits per heavy atom. The lowest BCUT2D eigenvalue weighted by atomic mass is 9.91. The number of thiazole rings is 1. The van der Waals surface area contributed by atoms with Crippen LogP contribution >= 0.6 is 34.5 Å². The Kier molecular flexibility index (Phi) is 8.21. The molecule has 9 heteroatoms. The minimum atomic E-state index is -0.706. The third-order valence-corrected chi connectivity index (χ3v) is 8.81. The van der Waals surface area contributed by atoms with Gasteiger partial charge in [0.05, 0.1) is 28.5 Å². The van der Waals surface area contributed by atoms with E-state index in [0.29, 0.717) is 36.4 Å². The highest BCUT2D eigenvalue weighted by Gasteiger charge is 2.34. The molecule has 0 N–H and O–H groups in total. The molecule has 0 aliphatic carbocycles. The molecule has 0 amide bonds. The van der Waals surface area contributed by atoms with E-state index < -0.39 is 12.0 Å². The summed E-state index contributed by atoms with van der Waals surface area (Å²) in [5, 5.41) is 3.01. The zero-order valence-corrected chi connectivity index (χ0v) is 25.7. The second-order valence-electron chi connectivity index (χ2n) is 9.93. The normalized spacial score (nSPS) is 14.9. The molecule has 1 aliphatic heterocycles. The number of para-hydroxylation sites is 1. The van der Waals surface area contributed by atoms with Gasteiger partial charge in [0.1, 0.15) is 12.4 Å². The van der Waals surface area contributed by atoms with Crippen molar-refractivity contribution < 1.29 is 14.3 Å². The van der Waals surface area contributed by atoms with E-state index in [1.807, 2.05) is 72.8 Å². The number of allylic oxidation sites excluding steroid dienone is 1. The molecule has 216 valence electrons. The zero-order valence-electron chi connectivity index (χ0n) is 23.3. The van der Waals surface area contributed by atoms with Gasteiger partial charge in [-0.2, -0.15) is 0 Å². The van der Waals surface area contributed by atoms with Gasteiger partial charge in [0.25, 0.3) is 5.56 Å². The van der Waals surface area contributed by atoms with Crippen molar-refractivity contribution in [3.63, 3.8) is 0 Å². The maximum atomic E-state index is 14.2. The van der Waals surface area contributed by atoms with Gasteiger partial charge in [-0.15, -0.1) is 0 Å². The molecule has 4 aromatic carbocycles. The van der Waals surface area contributed by atoms with Gasteiger partial charge in [-0.05, 0) is 54.5 Å². The lowest BCUT2D eigenvalue weighted by Gasteiger charge is -2.25. The molecule has 0 spiro atoms. The molecule has 2 heterocycles. The summed E-state index contributed by atoms with van der Waals surface area (Å²) in [6.45, 7) is 3.98. The largest absolute Gasteiger partial charge is 0.488 e. The Hall–Kier alpha value is -4.17. The number of hydrogen-bond donors (Lipinski definition) is 0. The van der Waals surface area contributed by atoms with Gasteiger partial charge in [0.2, 0.25) is 0 Å². The second-order valence-corrected chi connectivity index (χ2v) is 11.8. The van der Waals surface area contributed by atoms with Crippen LogP contribution in [0.2, 0.25) is 10.0 Å². The number of rotatable bonds is 7. The van der Waals surface area contributed by atoms with Crippen molar-refractivity contribution in [1.82, 2.24) is 4.57 Å². The molecule has 6 nitrogen and oxygen atoms in total. The fourth-order valence-corrected chi connectivity index (χ4v) is 6.74. The van der Waals surface area contributed by atoms with Gasteiger partial charge in [0.15, 0.2) is 4.80 Å². The summed E-state index contributed by atoms with van der Waals surface area (Å²) in [5.74, 6) is 0.101. The maximum absolute atomic E-state index is 14.2. The van der Waals surface area contributed by atoms with Crippen molar-refractivity contribution in [3.8, 4) is 5.75 Å². The highest BCUT2D eigenvalue weighted by molar-refractivity contribution is 7.07. The molecule has 0 saturated heterocycles. The van der Waals surface area contributed by atoms with Gasteiger partial charge in [-0.25, -0.2) is 9.79 Å². The van der Waals surface area contributed by atoms with Crippen LogP contribution in [0.1, 0.15) is 36.6 Å². The topological polar surface area (TPSA) is 69.9 Å². The molecule has 0 fully saturated rings. The molecule has 1 aromatic heterocycles. The van der Waals surface area contributed by atoms with Gasteiger partial charge in [-0.3, -0.25) is 9.36 Å². The van der Waals surface area contributed by atoms with Crippen molar-refractivity contribution >= 4 is 57.4 Å². The zero-order chi connectivity index (χ0) is 30.1. The SMILES string of the molecule is CCOC(=O)C1=C(C)N=c2s/c(=C/c3ccccc3OCc3ccc(Cl)cc3Cl)c(=O)n2[C@@H]1c1cccc2ccccc12. The van der Waals surface area contributed by atoms with Crippen LogP contribution < -0.4 is 19.6 Å². The van der Waals surface area contributed by atoms with Crippen molar-refractivity contribution in [2.75, 3.05) is 6.61 Å². The Bertz CT molecular complexity index is 2090. The second kappa shape index (κ2) is 12.2. The van der Waals surface area contributed by atoms with E-state index in [-0.39, 0.29) is 18.8 Å². The quantitative estimate of drug-likeness (QED) is 0.185. The van der Waals surface area contributed by atoms with Crippen LogP contribution in [0.3, 0.4) is 0 Å². The van der Waals surface area contributed by atoms with Crippen LogP contribution in [-0.4, -0.2) is 17.1 Å². The third kappa shape index (κ3) is 5.64. The molecule has 43 heavy (non-hydrogen) atoms. The van der Waals surface area contributed by atoms with Crippen LogP contribution in [0.15, 0.2) is 106 Å². The number of nitrogens with zero attached hydrogens (tertiary/aromatic N) is 2.